The highest BCUT2D eigenvalue weighted by molar-refractivity contribution is 5.62. The number of ether oxygens (including phenoxy) is 2. The van der Waals surface area contributed by atoms with Crippen LogP contribution < -0.4 is 15.4 Å². The van der Waals surface area contributed by atoms with E-state index in [1.165, 1.54) is 0 Å². The van der Waals surface area contributed by atoms with Crippen LogP contribution in [0.15, 0.2) is 18.2 Å². The number of nitrogens with zero attached hydrogens (tertiary/aromatic N) is 1. The lowest BCUT2D eigenvalue weighted by Crippen LogP contribution is -2.33. The summed E-state index contributed by atoms with van der Waals surface area (Å²) in [6, 6.07) is 6.31. The fourth-order valence-electron chi connectivity index (χ4n) is 1.86. The number of methoxy groups -OCH3 is 1. The molecule has 1 rings (SSSR count). The van der Waals surface area contributed by atoms with Crippen LogP contribution in [-0.2, 0) is 4.74 Å². The molecule has 0 heterocycles. The van der Waals surface area contributed by atoms with E-state index in [4.69, 9.17) is 15.2 Å². The summed E-state index contributed by atoms with van der Waals surface area (Å²) in [4.78, 5) is 2.27. The second kappa shape index (κ2) is 7.11. The van der Waals surface area contributed by atoms with Crippen LogP contribution in [0.1, 0.15) is 20.8 Å². The van der Waals surface area contributed by atoms with Gasteiger partial charge in [-0.15, -0.1) is 0 Å². The molecule has 102 valence electrons. The van der Waals surface area contributed by atoms with E-state index in [2.05, 4.69) is 18.7 Å². The van der Waals surface area contributed by atoms with Crippen LogP contribution in [0, 0.1) is 0 Å². The Morgan fingerprint density at radius 3 is 2.61 bits per heavy atom. The summed E-state index contributed by atoms with van der Waals surface area (Å²) in [6.07, 6.45) is 0. The summed E-state index contributed by atoms with van der Waals surface area (Å²) in [5.74, 6) is 0.748. The highest BCUT2D eigenvalue weighted by Crippen LogP contribution is 2.28. The molecule has 1 aromatic rings. The molecule has 0 aliphatic carbocycles. The minimum atomic E-state index is 0.401. The van der Waals surface area contributed by atoms with Crippen molar-refractivity contribution in [2.24, 2.45) is 0 Å². The van der Waals surface area contributed by atoms with Gasteiger partial charge in [0.2, 0.25) is 0 Å². The predicted molar refractivity (Wildman–Crippen MR) is 76.4 cm³/mol. The van der Waals surface area contributed by atoms with E-state index in [0.29, 0.717) is 24.9 Å². The van der Waals surface area contributed by atoms with E-state index >= 15 is 0 Å². The molecule has 0 saturated heterocycles. The molecule has 4 heteroatoms. The quantitative estimate of drug-likeness (QED) is 0.758. The van der Waals surface area contributed by atoms with Crippen LogP contribution in [0.25, 0.3) is 0 Å². The SMILES string of the molecule is CCOc1cc(N(CCOC)C(C)C)ccc1N. The average molecular weight is 252 g/mol. The lowest BCUT2D eigenvalue weighted by Gasteiger charge is -2.29. The summed E-state index contributed by atoms with van der Waals surface area (Å²) >= 11 is 0. The van der Waals surface area contributed by atoms with Gasteiger partial charge in [-0.2, -0.15) is 0 Å². The van der Waals surface area contributed by atoms with Crippen LogP contribution in [0.5, 0.6) is 5.75 Å². The number of hydrogen-bond donors (Lipinski definition) is 1. The molecule has 4 nitrogen and oxygen atoms in total. The maximum atomic E-state index is 5.88. The summed E-state index contributed by atoms with van der Waals surface area (Å²) in [6.45, 7) is 8.44. The largest absolute Gasteiger partial charge is 0.492 e. The predicted octanol–water partition coefficient (Wildman–Crippen LogP) is 2.53. The Labute approximate surface area is 110 Å². The molecule has 0 spiro atoms. The standard InChI is InChI=1S/C14H24N2O2/c1-5-18-14-10-12(6-7-13(14)15)16(11(2)3)8-9-17-4/h6-7,10-11H,5,8-9,15H2,1-4H3. The van der Waals surface area contributed by atoms with Gasteiger partial charge >= 0.3 is 0 Å². The van der Waals surface area contributed by atoms with Crippen molar-refractivity contribution in [2.45, 2.75) is 26.8 Å². The highest BCUT2D eigenvalue weighted by atomic mass is 16.5. The normalized spacial score (nSPS) is 10.7. The van der Waals surface area contributed by atoms with Gasteiger partial charge in [-0.3, -0.25) is 0 Å². The Balaban J connectivity index is 2.93. The van der Waals surface area contributed by atoms with Gasteiger partial charge in [0.25, 0.3) is 0 Å². The summed E-state index contributed by atoms with van der Waals surface area (Å²) in [5, 5.41) is 0. The van der Waals surface area contributed by atoms with E-state index in [1.807, 2.05) is 25.1 Å². The average Bonchev–Trinajstić information content (AvgIpc) is 2.33. The molecule has 0 radical (unpaired) electrons. The highest BCUT2D eigenvalue weighted by Gasteiger charge is 2.12. The number of anilines is 2. The van der Waals surface area contributed by atoms with Gasteiger partial charge in [0.1, 0.15) is 5.75 Å². The van der Waals surface area contributed by atoms with Crippen molar-refractivity contribution in [3.8, 4) is 5.75 Å². The zero-order valence-corrected chi connectivity index (χ0v) is 11.8. The van der Waals surface area contributed by atoms with Crippen LogP contribution in [-0.4, -0.2) is 32.9 Å². The number of benzene rings is 1. The second-order valence-electron chi connectivity index (χ2n) is 4.44. The molecular weight excluding hydrogens is 228 g/mol. The Bertz CT molecular complexity index is 367. The van der Waals surface area contributed by atoms with E-state index in [9.17, 15) is 0 Å². The van der Waals surface area contributed by atoms with Crippen molar-refractivity contribution in [3.63, 3.8) is 0 Å². The number of nitrogen functional groups attached to an aromatic ring is 1. The third-order valence-corrected chi connectivity index (χ3v) is 2.79. The van der Waals surface area contributed by atoms with E-state index in [0.717, 1.165) is 18.0 Å². The van der Waals surface area contributed by atoms with E-state index in [1.54, 1.807) is 7.11 Å². The Morgan fingerprint density at radius 2 is 2.06 bits per heavy atom. The monoisotopic (exact) mass is 252 g/mol. The molecular formula is C14H24N2O2. The number of nitrogens with two attached hydrogens (primary N) is 1. The molecule has 0 saturated carbocycles. The van der Waals surface area contributed by atoms with Gasteiger partial charge in [0.05, 0.1) is 18.9 Å². The maximum absolute atomic E-state index is 5.88. The van der Waals surface area contributed by atoms with Gasteiger partial charge < -0.3 is 20.1 Å². The van der Waals surface area contributed by atoms with Gasteiger partial charge in [-0.1, -0.05) is 0 Å². The molecule has 18 heavy (non-hydrogen) atoms. The van der Waals surface area contributed by atoms with Crippen molar-refractivity contribution in [1.82, 2.24) is 0 Å². The van der Waals surface area contributed by atoms with Crippen LogP contribution in [0.2, 0.25) is 0 Å². The summed E-state index contributed by atoms with van der Waals surface area (Å²) < 4.78 is 10.7. The molecule has 0 aliphatic heterocycles. The number of rotatable bonds is 7. The van der Waals surface area contributed by atoms with E-state index < -0.39 is 0 Å². The van der Waals surface area contributed by atoms with Crippen molar-refractivity contribution in [1.29, 1.82) is 0 Å². The minimum Gasteiger partial charge on any atom is -0.492 e. The zero-order valence-electron chi connectivity index (χ0n) is 11.8. The molecule has 0 aliphatic rings. The fourth-order valence-corrected chi connectivity index (χ4v) is 1.86. The van der Waals surface area contributed by atoms with Crippen molar-refractivity contribution < 1.29 is 9.47 Å². The van der Waals surface area contributed by atoms with Crippen molar-refractivity contribution in [2.75, 3.05) is 37.5 Å². The Hall–Kier alpha value is -1.42. The van der Waals surface area contributed by atoms with Crippen molar-refractivity contribution >= 4 is 11.4 Å². The van der Waals surface area contributed by atoms with Crippen LogP contribution >= 0.6 is 0 Å². The lowest BCUT2D eigenvalue weighted by atomic mass is 10.2. The Kier molecular flexibility index (Phi) is 5.78. The summed E-state index contributed by atoms with van der Waals surface area (Å²) in [5.41, 5.74) is 7.67. The molecule has 0 aromatic heterocycles. The first kappa shape index (κ1) is 14.6. The lowest BCUT2D eigenvalue weighted by molar-refractivity contribution is 0.204. The first-order chi connectivity index (χ1) is 8.60. The second-order valence-corrected chi connectivity index (χ2v) is 4.44. The maximum Gasteiger partial charge on any atom is 0.144 e. The first-order valence-corrected chi connectivity index (χ1v) is 6.38. The van der Waals surface area contributed by atoms with Crippen molar-refractivity contribution in [3.05, 3.63) is 18.2 Å². The third kappa shape index (κ3) is 3.81. The molecule has 0 bridgehead atoms. The summed E-state index contributed by atoms with van der Waals surface area (Å²) in [7, 11) is 1.72. The zero-order chi connectivity index (χ0) is 13.5. The molecule has 2 N–H and O–H groups in total. The van der Waals surface area contributed by atoms with Gasteiger partial charge in [-0.05, 0) is 32.9 Å². The smallest absolute Gasteiger partial charge is 0.144 e. The first-order valence-electron chi connectivity index (χ1n) is 6.38. The van der Waals surface area contributed by atoms with E-state index in [-0.39, 0.29) is 0 Å². The van der Waals surface area contributed by atoms with Gasteiger partial charge in [-0.25, -0.2) is 0 Å². The minimum absolute atomic E-state index is 0.401. The Morgan fingerprint density at radius 1 is 1.33 bits per heavy atom. The molecule has 0 amide bonds. The van der Waals surface area contributed by atoms with Crippen LogP contribution in [0.4, 0.5) is 11.4 Å². The van der Waals surface area contributed by atoms with Gasteiger partial charge in [0.15, 0.2) is 0 Å². The number of hydrogen-bond acceptors (Lipinski definition) is 4. The third-order valence-electron chi connectivity index (χ3n) is 2.79. The van der Waals surface area contributed by atoms with Crippen LogP contribution in [0.3, 0.4) is 0 Å². The topological polar surface area (TPSA) is 47.7 Å². The molecule has 0 fully saturated rings. The fraction of sp³-hybridized carbons (Fsp3) is 0.571. The van der Waals surface area contributed by atoms with Gasteiger partial charge in [0, 0.05) is 31.5 Å². The molecule has 0 atom stereocenters. The molecule has 0 unspecified atom stereocenters. The molecule has 1 aromatic carbocycles.